The van der Waals surface area contributed by atoms with Crippen LogP contribution in [0.25, 0.3) is 11.1 Å². The number of benzene rings is 2. The van der Waals surface area contributed by atoms with E-state index >= 15 is 0 Å². The molecule has 2 aromatic carbocycles. The Morgan fingerprint density at radius 3 is 2.15 bits per heavy atom. The van der Waals surface area contributed by atoms with Crippen molar-refractivity contribution >= 4 is 23.8 Å². The molecule has 0 heterocycles. The maximum atomic E-state index is 12.6. The van der Waals surface area contributed by atoms with Crippen LogP contribution in [0, 0.1) is 0 Å². The monoisotopic (exact) mass is 473 g/mol. The van der Waals surface area contributed by atoms with Crippen molar-refractivity contribution in [2.45, 2.75) is 44.4 Å². The summed E-state index contributed by atoms with van der Waals surface area (Å²) < 4.78 is 11.0. The first-order chi connectivity index (χ1) is 15.7. The van der Waals surface area contributed by atoms with Crippen LogP contribution >= 0.6 is 11.8 Å². The zero-order valence-corrected chi connectivity index (χ0v) is 19.9. The van der Waals surface area contributed by atoms with E-state index in [1.165, 1.54) is 11.8 Å². The molecule has 0 radical (unpaired) electrons. The van der Waals surface area contributed by atoms with Crippen LogP contribution in [0.3, 0.4) is 0 Å². The third-order valence-corrected chi connectivity index (χ3v) is 6.32. The number of hydrogen-bond acceptors (Lipinski definition) is 7. The minimum Gasteiger partial charge on any atom is -0.458 e. The van der Waals surface area contributed by atoms with Gasteiger partial charge in [-0.15, -0.1) is 0 Å². The predicted octanol–water partition coefficient (Wildman–Crippen LogP) is 3.32. The van der Waals surface area contributed by atoms with Gasteiger partial charge < -0.3 is 25.0 Å². The highest BCUT2D eigenvalue weighted by molar-refractivity contribution is 7.99. The van der Waals surface area contributed by atoms with Gasteiger partial charge in [-0.2, -0.15) is 11.8 Å². The molecule has 0 aliphatic heterocycles. The maximum absolute atomic E-state index is 12.6. The molecule has 1 amide bonds. The normalized spacial score (nSPS) is 14.7. The first-order valence-corrected chi connectivity index (χ1v) is 12.1. The Morgan fingerprint density at radius 1 is 1.03 bits per heavy atom. The smallest absolute Gasteiger partial charge is 0.407 e. The minimum atomic E-state index is -0.948. The van der Waals surface area contributed by atoms with Crippen molar-refractivity contribution in [1.82, 2.24) is 5.32 Å². The summed E-state index contributed by atoms with van der Waals surface area (Å²) in [5.41, 5.74) is 3.75. The summed E-state index contributed by atoms with van der Waals surface area (Å²) in [6, 6.07) is 15.2. The van der Waals surface area contributed by atoms with Gasteiger partial charge >= 0.3 is 12.1 Å². The fourth-order valence-electron chi connectivity index (χ4n) is 3.70. The summed E-state index contributed by atoms with van der Waals surface area (Å²) in [7, 11) is 0. The number of nitrogens with one attached hydrogen (secondary N) is 1. The Balaban J connectivity index is 1.64. The van der Waals surface area contributed by atoms with Crippen molar-refractivity contribution in [2.75, 3.05) is 24.7 Å². The van der Waals surface area contributed by atoms with Crippen LogP contribution in [0.5, 0.6) is 0 Å². The fourth-order valence-corrected chi connectivity index (χ4v) is 4.67. The van der Waals surface area contributed by atoms with Gasteiger partial charge in [0.05, 0.1) is 12.7 Å². The molecule has 3 N–H and O–H groups in total. The molecule has 2 unspecified atom stereocenters. The minimum absolute atomic E-state index is 0.0859. The van der Waals surface area contributed by atoms with Crippen LogP contribution in [0.4, 0.5) is 4.79 Å². The number of carbonyl (C=O) groups excluding carboxylic acids is 2. The summed E-state index contributed by atoms with van der Waals surface area (Å²) in [5.74, 6) is -0.266. The second-order valence-electron chi connectivity index (χ2n) is 8.93. The lowest BCUT2D eigenvalue weighted by molar-refractivity contribution is -0.156. The van der Waals surface area contributed by atoms with E-state index in [9.17, 15) is 14.7 Å². The topological polar surface area (TPSA) is 105 Å². The van der Waals surface area contributed by atoms with E-state index in [1.807, 2.05) is 36.4 Å². The van der Waals surface area contributed by atoms with Gasteiger partial charge in [-0.3, -0.25) is 0 Å². The Kier molecular flexibility index (Phi) is 8.40. The number of amides is 1. The predicted molar refractivity (Wildman–Crippen MR) is 128 cm³/mol. The highest BCUT2D eigenvalue weighted by Crippen LogP contribution is 2.44. The van der Waals surface area contributed by atoms with Gasteiger partial charge in [-0.05, 0) is 43.0 Å². The van der Waals surface area contributed by atoms with Crippen LogP contribution in [0.1, 0.15) is 37.8 Å². The fraction of sp³-hybridized carbons (Fsp3) is 0.440. The average Bonchev–Trinajstić information content (AvgIpc) is 3.09. The molecule has 3 rings (SSSR count). The summed E-state index contributed by atoms with van der Waals surface area (Å²) in [6.45, 7) is 5.01. The van der Waals surface area contributed by atoms with Gasteiger partial charge in [-0.1, -0.05) is 48.5 Å². The van der Waals surface area contributed by atoms with E-state index in [4.69, 9.17) is 14.6 Å². The Hall–Kier alpha value is -2.55. The van der Waals surface area contributed by atoms with Crippen molar-refractivity contribution in [2.24, 2.45) is 0 Å². The number of aliphatic hydroxyl groups excluding tert-OH is 2. The van der Waals surface area contributed by atoms with Gasteiger partial charge in [0.15, 0.2) is 0 Å². The molecule has 2 aromatic rings. The largest absolute Gasteiger partial charge is 0.458 e. The summed E-state index contributed by atoms with van der Waals surface area (Å²) in [5, 5.41) is 21.1. The van der Waals surface area contributed by atoms with E-state index in [0.717, 1.165) is 22.3 Å². The zero-order chi connectivity index (χ0) is 24.0. The molecule has 7 nitrogen and oxygen atoms in total. The van der Waals surface area contributed by atoms with Crippen LogP contribution in [0.2, 0.25) is 0 Å². The maximum Gasteiger partial charge on any atom is 0.407 e. The number of alkyl carbamates (subject to hydrolysis) is 1. The molecule has 1 aliphatic rings. The molecule has 1 aliphatic carbocycles. The number of thioether (sulfide) groups is 1. The van der Waals surface area contributed by atoms with Gasteiger partial charge in [0.25, 0.3) is 0 Å². The molecular weight excluding hydrogens is 442 g/mol. The summed E-state index contributed by atoms with van der Waals surface area (Å²) in [6.07, 6.45) is -1.61. The number of carbonyl (C=O) groups is 2. The second kappa shape index (κ2) is 11.0. The lowest BCUT2D eigenvalue weighted by Crippen LogP contribution is -2.46. The van der Waals surface area contributed by atoms with Crippen molar-refractivity contribution in [1.29, 1.82) is 0 Å². The van der Waals surface area contributed by atoms with Crippen molar-refractivity contribution in [3.8, 4) is 11.1 Å². The van der Waals surface area contributed by atoms with Crippen molar-refractivity contribution in [3.63, 3.8) is 0 Å². The summed E-state index contributed by atoms with van der Waals surface area (Å²) >= 11 is 1.23. The molecule has 2 atom stereocenters. The number of aliphatic hydroxyl groups is 2. The molecule has 8 heteroatoms. The van der Waals surface area contributed by atoms with E-state index in [-0.39, 0.29) is 30.6 Å². The van der Waals surface area contributed by atoms with Crippen molar-refractivity contribution in [3.05, 3.63) is 59.7 Å². The molecule has 0 bridgehead atoms. The van der Waals surface area contributed by atoms with E-state index in [1.54, 1.807) is 20.8 Å². The zero-order valence-electron chi connectivity index (χ0n) is 19.1. The van der Waals surface area contributed by atoms with Gasteiger partial charge in [0, 0.05) is 17.4 Å². The molecule has 33 heavy (non-hydrogen) atoms. The SMILES string of the molecule is CC(C)(C)OC(=O)C(CSCC(O)CO)NC(=O)OCC1c2ccccc2-c2ccccc21. The number of esters is 1. The third kappa shape index (κ3) is 6.72. The molecule has 178 valence electrons. The van der Waals surface area contributed by atoms with Gasteiger partial charge in [0.2, 0.25) is 0 Å². The third-order valence-electron chi connectivity index (χ3n) is 5.13. The standard InChI is InChI=1S/C25H31NO6S/c1-25(2,3)32-23(29)22(15-33-14-16(28)12-27)26-24(30)31-13-21-19-10-6-4-8-17(19)18-9-5-7-11-20(18)21/h4-11,16,21-22,27-28H,12-15H2,1-3H3,(H,26,30). The molecule has 0 saturated heterocycles. The van der Waals surface area contributed by atoms with E-state index < -0.39 is 29.8 Å². The molecule has 0 saturated carbocycles. The first-order valence-electron chi connectivity index (χ1n) is 10.9. The van der Waals surface area contributed by atoms with Crippen LogP contribution in [-0.4, -0.2) is 64.7 Å². The van der Waals surface area contributed by atoms with E-state index in [0.29, 0.717) is 0 Å². The van der Waals surface area contributed by atoms with Crippen LogP contribution in [-0.2, 0) is 14.3 Å². The number of ether oxygens (including phenoxy) is 2. The lowest BCUT2D eigenvalue weighted by atomic mass is 9.98. The Morgan fingerprint density at radius 2 is 1.61 bits per heavy atom. The molecule has 0 spiro atoms. The molecule has 0 fully saturated rings. The first kappa shape index (κ1) is 25.1. The van der Waals surface area contributed by atoms with Gasteiger partial charge in [0.1, 0.15) is 18.2 Å². The van der Waals surface area contributed by atoms with Gasteiger partial charge in [-0.25, -0.2) is 9.59 Å². The average molecular weight is 474 g/mol. The Bertz CT molecular complexity index is 928. The number of hydrogen-bond donors (Lipinski definition) is 3. The molecular formula is C25H31NO6S. The summed E-state index contributed by atoms with van der Waals surface area (Å²) in [4.78, 5) is 25.2. The van der Waals surface area contributed by atoms with E-state index in [2.05, 4.69) is 17.4 Å². The second-order valence-corrected chi connectivity index (χ2v) is 10.0. The van der Waals surface area contributed by atoms with Crippen LogP contribution in [0.15, 0.2) is 48.5 Å². The highest BCUT2D eigenvalue weighted by atomic mass is 32.2. The number of rotatable bonds is 9. The highest BCUT2D eigenvalue weighted by Gasteiger charge is 2.31. The lowest BCUT2D eigenvalue weighted by Gasteiger charge is -2.24. The number of fused-ring (bicyclic) bond motifs is 3. The van der Waals surface area contributed by atoms with Crippen LogP contribution < -0.4 is 5.32 Å². The quantitative estimate of drug-likeness (QED) is 0.480. The molecule has 0 aromatic heterocycles. The van der Waals surface area contributed by atoms with Crippen molar-refractivity contribution < 1.29 is 29.3 Å². The Labute approximate surface area is 198 Å².